The van der Waals surface area contributed by atoms with E-state index >= 15 is 0 Å². The topological polar surface area (TPSA) is 64.3 Å². The number of rotatable bonds is 3. The molecule has 0 aliphatic carbocycles. The first-order valence-corrected chi connectivity index (χ1v) is 7.24. The molecular weight excluding hydrogens is 264 g/mol. The maximum atomic E-state index is 5.95. The Morgan fingerprint density at radius 1 is 1.24 bits per heavy atom. The molecule has 2 aromatic rings. The van der Waals surface area contributed by atoms with Crippen LogP contribution in [0.25, 0.3) is 11.3 Å². The SMILES string of the molecule is COc1cccc(-c2ccnc(N3CCC(N)CC3)n2)c1. The van der Waals surface area contributed by atoms with Gasteiger partial charge >= 0.3 is 0 Å². The van der Waals surface area contributed by atoms with Gasteiger partial charge < -0.3 is 15.4 Å². The Balaban J connectivity index is 1.85. The number of nitrogens with zero attached hydrogens (tertiary/aromatic N) is 3. The van der Waals surface area contributed by atoms with Crippen molar-refractivity contribution >= 4 is 5.95 Å². The van der Waals surface area contributed by atoms with E-state index in [1.165, 1.54) is 0 Å². The molecule has 1 aliphatic rings. The summed E-state index contributed by atoms with van der Waals surface area (Å²) in [4.78, 5) is 11.3. The van der Waals surface area contributed by atoms with Crippen molar-refractivity contribution in [3.8, 4) is 17.0 Å². The number of hydrogen-bond acceptors (Lipinski definition) is 5. The van der Waals surface area contributed by atoms with Crippen molar-refractivity contribution in [2.24, 2.45) is 5.73 Å². The molecule has 0 saturated carbocycles. The molecule has 1 aromatic heterocycles. The normalized spacial score (nSPS) is 16.0. The van der Waals surface area contributed by atoms with E-state index < -0.39 is 0 Å². The zero-order valence-corrected chi connectivity index (χ0v) is 12.2. The van der Waals surface area contributed by atoms with E-state index in [1.54, 1.807) is 7.11 Å². The van der Waals surface area contributed by atoms with Gasteiger partial charge in [0.1, 0.15) is 5.75 Å². The first kappa shape index (κ1) is 13.8. The number of piperidine rings is 1. The minimum atomic E-state index is 0.308. The maximum absolute atomic E-state index is 5.95. The first-order valence-electron chi connectivity index (χ1n) is 7.24. The van der Waals surface area contributed by atoms with Crippen molar-refractivity contribution in [1.82, 2.24) is 9.97 Å². The second-order valence-corrected chi connectivity index (χ2v) is 5.30. The van der Waals surface area contributed by atoms with Crippen LogP contribution in [0.1, 0.15) is 12.8 Å². The Kier molecular flexibility index (Phi) is 4.01. The zero-order chi connectivity index (χ0) is 14.7. The van der Waals surface area contributed by atoms with Gasteiger partial charge in [0.2, 0.25) is 5.95 Å². The first-order chi connectivity index (χ1) is 10.3. The molecule has 2 N–H and O–H groups in total. The summed E-state index contributed by atoms with van der Waals surface area (Å²) in [6.45, 7) is 1.84. The molecule has 0 unspecified atom stereocenters. The number of nitrogens with two attached hydrogens (primary N) is 1. The van der Waals surface area contributed by atoms with Crippen molar-refractivity contribution < 1.29 is 4.74 Å². The Bertz CT molecular complexity index is 609. The summed E-state index contributed by atoms with van der Waals surface area (Å²) in [5.74, 6) is 1.61. The fourth-order valence-electron chi connectivity index (χ4n) is 2.54. The highest BCUT2D eigenvalue weighted by Gasteiger charge is 2.18. The molecule has 1 aliphatic heterocycles. The maximum Gasteiger partial charge on any atom is 0.225 e. The third kappa shape index (κ3) is 3.13. The number of ether oxygens (including phenoxy) is 1. The van der Waals surface area contributed by atoms with Gasteiger partial charge in [0, 0.05) is 30.9 Å². The lowest BCUT2D eigenvalue weighted by Crippen LogP contribution is -2.40. The Morgan fingerprint density at radius 3 is 2.81 bits per heavy atom. The quantitative estimate of drug-likeness (QED) is 0.935. The highest BCUT2D eigenvalue weighted by molar-refractivity contribution is 5.62. The summed E-state index contributed by atoms with van der Waals surface area (Å²) in [6, 6.07) is 10.1. The zero-order valence-electron chi connectivity index (χ0n) is 12.2. The minimum absolute atomic E-state index is 0.308. The van der Waals surface area contributed by atoms with E-state index in [0.717, 1.165) is 48.9 Å². The standard InChI is InChI=1S/C16H20N4O/c1-21-14-4-2-3-12(11-14)15-5-8-18-16(19-15)20-9-6-13(17)7-10-20/h2-5,8,11,13H,6-7,9-10,17H2,1H3. The highest BCUT2D eigenvalue weighted by Crippen LogP contribution is 2.24. The highest BCUT2D eigenvalue weighted by atomic mass is 16.5. The van der Waals surface area contributed by atoms with Crippen LogP contribution in [-0.4, -0.2) is 36.2 Å². The van der Waals surface area contributed by atoms with Gasteiger partial charge in [0.05, 0.1) is 12.8 Å². The Hall–Kier alpha value is -2.14. The van der Waals surface area contributed by atoms with Gasteiger partial charge in [-0.05, 0) is 31.0 Å². The predicted octanol–water partition coefficient (Wildman–Crippen LogP) is 2.08. The van der Waals surface area contributed by atoms with Crippen LogP contribution in [0.4, 0.5) is 5.95 Å². The molecule has 0 atom stereocenters. The lowest BCUT2D eigenvalue weighted by molar-refractivity contribution is 0.415. The molecule has 5 nitrogen and oxygen atoms in total. The van der Waals surface area contributed by atoms with E-state index in [1.807, 2.05) is 36.5 Å². The van der Waals surface area contributed by atoms with Crippen LogP contribution in [0.5, 0.6) is 5.75 Å². The van der Waals surface area contributed by atoms with Crippen LogP contribution in [0, 0.1) is 0 Å². The van der Waals surface area contributed by atoms with E-state index in [2.05, 4.69) is 14.9 Å². The largest absolute Gasteiger partial charge is 0.497 e. The molecule has 5 heteroatoms. The minimum Gasteiger partial charge on any atom is -0.497 e. The monoisotopic (exact) mass is 284 g/mol. The summed E-state index contributed by atoms with van der Waals surface area (Å²) in [5.41, 5.74) is 7.89. The summed E-state index contributed by atoms with van der Waals surface area (Å²) >= 11 is 0. The molecule has 2 heterocycles. The van der Waals surface area contributed by atoms with E-state index in [0.29, 0.717) is 6.04 Å². The summed E-state index contributed by atoms with van der Waals surface area (Å²) in [6.07, 6.45) is 3.80. The lowest BCUT2D eigenvalue weighted by Gasteiger charge is -2.30. The van der Waals surface area contributed by atoms with Gasteiger partial charge in [0.15, 0.2) is 0 Å². The van der Waals surface area contributed by atoms with Crippen LogP contribution in [0.15, 0.2) is 36.5 Å². The smallest absolute Gasteiger partial charge is 0.225 e. The van der Waals surface area contributed by atoms with Gasteiger partial charge in [-0.1, -0.05) is 12.1 Å². The number of aromatic nitrogens is 2. The predicted molar refractivity (Wildman–Crippen MR) is 83.4 cm³/mol. The number of anilines is 1. The van der Waals surface area contributed by atoms with Gasteiger partial charge in [-0.15, -0.1) is 0 Å². The van der Waals surface area contributed by atoms with Crippen LogP contribution in [0.3, 0.4) is 0 Å². The lowest BCUT2D eigenvalue weighted by atomic mass is 10.1. The summed E-state index contributed by atoms with van der Waals surface area (Å²) in [7, 11) is 1.67. The molecule has 0 bridgehead atoms. The van der Waals surface area contributed by atoms with Crippen LogP contribution < -0.4 is 15.4 Å². The van der Waals surface area contributed by atoms with Crippen molar-refractivity contribution in [2.75, 3.05) is 25.1 Å². The van der Waals surface area contributed by atoms with E-state index in [9.17, 15) is 0 Å². The second-order valence-electron chi connectivity index (χ2n) is 5.30. The van der Waals surface area contributed by atoms with E-state index in [-0.39, 0.29) is 0 Å². The summed E-state index contributed by atoms with van der Waals surface area (Å²) in [5, 5.41) is 0. The number of hydrogen-bond donors (Lipinski definition) is 1. The van der Waals surface area contributed by atoms with Crippen LogP contribution in [0.2, 0.25) is 0 Å². The molecule has 1 saturated heterocycles. The molecule has 21 heavy (non-hydrogen) atoms. The average molecular weight is 284 g/mol. The molecule has 1 fully saturated rings. The Labute approximate surface area is 124 Å². The average Bonchev–Trinajstić information content (AvgIpc) is 2.56. The fourth-order valence-corrected chi connectivity index (χ4v) is 2.54. The molecule has 0 radical (unpaired) electrons. The van der Waals surface area contributed by atoms with Gasteiger partial charge in [-0.2, -0.15) is 0 Å². The van der Waals surface area contributed by atoms with Gasteiger partial charge in [-0.25, -0.2) is 9.97 Å². The molecular formula is C16H20N4O. The molecule has 0 amide bonds. The number of methoxy groups -OCH3 is 1. The molecule has 110 valence electrons. The number of benzene rings is 1. The van der Waals surface area contributed by atoms with Gasteiger partial charge in [-0.3, -0.25) is 0 Å². The third-order valence-electron chi connectivity index (χ3n) is 3.83. The van der Waals surface area contributed by atoms with Crippen molar-refractivity contribution in [3.05, 3.63) is 36.5 Å². The van der Waals surface area contributed by atoms with Crippen LogP contribution in [-0.2, 0) is 0 Å². The fraction of sp³-hybridized carbons (Fsp3) is 0.375. The van der Waals surface area contributed by atoms with Crippen molar-refractivity contribution in [1.29, 1.82) is 0 Å². The van der Waals surface area contributed by atoms with Crippen LogP contribution >= 0.6 is 0 Å². The summed E-state index contributed by atoms with van der Waals surface area (Å²) < 4.78 is 5.27. The Morgan fingerprint density at radius 2 is 2.05 bits per heavy atom. The molecule has 3 rings (SSSR count). The second kappa shape index (κ2) is 6.10. The van der Waals surface area contributed by atoms with Gasteiger partial charge in [0.25, 0.3) is 0 Å². The molecule has 0 spiro atoms. The van der Waals surface area contributed by atoms with Crippen molar-refractivity contribution in [3.63, 3.8) is 0 Å². The van der Waals surface area contributed by atoms with Crippen molar-refractivity contribution in [2.45, 2.75) is 18.9 Å². The van der Waals surface area contributed by atoms with E-state index in [4.69, 9.17) is 10.5 Å². The molecule has 1 aromatic carbocycles. The third-order valence-corrected chi connectivity index (χ3v) is 3.83.